The summed E-state index contributed by atoms with van der Waals surface area (Å²) < 4.78 is 1.46. The first-order chi connectivity index (χ1) is 10.5. The maximum absolute atomic E-state index is 12.4. The van der Waals surface area contributed by atoms with Crippen molar-refractivity contribution >= 4 is 11.7 Å². The molecule has 1 amide bonds. The van der Waals surface area contributed by atoms with Gasteiger partial charge in [-0.2, -0.15) is 0 Å². The lowest BCUT2D eigenvalue weighted by Crippen LogP contribution is -2.30. The van der Waals surface area contributed by atoms with Crippen molar-refractivity contribution in [2.45, 2.75) is 19.8 Å². The van der Waals surface area contributed by atoms with Crippen LogP contribution in [0.5, 0.6) is 5.75 Å². The van der Waals surface area contributed by atoms with Crippen LogP contribution in [0.1, 0.15) is 28.5 Å². The van der Waals surface area contributed by atoms with E-state index in [4.69, 9.17) is 0 Å². The molecular formula is C16H17N3O3. The molecule has 0 saturated heterocycles. The third kappa shape index (κ3) is 2.26. The number of anilines is 1. The smallest absolute Gasteiger partial charge is 0.267 e. The van der Waals surface area contributed by atoms with Gasteiger partial charge < -0.3 is 15.0 Å². The van der Waals surface area contributed by atoms with Crippen molar-refractivity contribution in [3.63, 3.8) is 0 Å². The second-order valence-corrected chi connectivity index (χ2v) is 5.70. The Balaban J connectivity index is 2.05. The topological polar surface area (TPSA) is 84.2 Å². The van der Waals surface area contributed by atoms with Gasteiger partial charge in [-0.25, -0.2) is 4.98 Å². The fourth-order valence-electron chi connectivity index (χ4n) is 2.93. The summed E-state index contributed by atoms with van der Waals surface area (Å²) in [6, 6.07) is 5.07. The zero-order valence-corrected chi connectivity index (χ0v) is 12.5. The monoisotopic (exact) mass is 299 g/mol. The van der Waals surface area contributed by atoms with E-state index in [0.717, 1.165) is 12.1 Å². The Morgan fingerprint density at radius 1 is 1.41 bits per heavy atom. The lowest BCUT2D eigenvalue weighted by molar-refractivity contribution is 0.102. The van der Waals surface area contributed by atoms with Gasteiger partial charge in [0.15, 0.2) is 0 Å². The van der Waals surface area contributed by atoms with Gasteiger partial charge in [0.2, 0.25) is 0 Å². The highest BCUT2D eigenvalue weighted by Crippen LogP contribution is 2.33. The lowest BCUT2D eigenvalue weighted by Gasteiger charge is -2.13. The fourth-order valence-corrected chi connectivity index (χ4v) is 2.93. The molecule has 2 aromatic rings. The van der Waals surface area contributed by atoms with Crippen LogP contribution in [0.25, 0.3) is 0 Å². The Morgan fingerprint density at radius 3 is 2.86 bits per heavy atom. The standard InChI is InChI=1S/C16H17N3O3/c1-9-7-10-11(8-9)19(2)16(22)13(14(10)20)15(21)18-12-5-3-4-6-17-12/h3-6,9,20H,7-8H2,1-2H3,(H,17,18,21)/t9-/m1/s1. The molecule has 0 aromatic carbocycles. The van der Waals surface area contributed by atoms with Gasteiger partial charge in [-0.05, 0) is 30.9 Å². The summed E-state index contributed by atoms with van der Waals surface area (Å²) >= 11 is 0. The molecular weight excluding hydrogens is 282 g/mol. The summed E-state index contributed by atoms with van der Waals surface area (Å²) in [4.78, 5) is 28.8. The van der Waals surface area contributed by atoms with Crippen molar-refractivity contribution < 1.29 is 9.90 Å². The molecule has 2 N–H and O–H groups in total. The normalized spacial score (nSPS) is 16.4. The molecule has 0 spiro atoms. The van der Waals surface area contributed by atoms with Gasteiger partial charge in [0.05, 0.1) is 0 Å². The van der Waals surface area contributed by atoms with E-state index in [2.05, 4.69) is 17.2 Å². The van der Waals surface area contributed by atoms with Crippen LogP contribution in [0.3, 0.4) is 0 Å². The number of aromatic hydroxyl groups is 1. The minimum atomic E-state index is -0.640. The Morgan fingerprint density at radius 2 is 2.18 bits per heavy atom. The zero-order valence-electron chi connectivity index (χ0n) is 12.5. The van der Waals surface area contributed by atoms with Crippen LogP contribution in [-0.4, -0.2) is 20.6 Å². The van der Waals surface area contributed by atoms with E-state index in [1.807, 2.05) is 0 Å². The summed E-state index contributed by atoms with van der Waals surface area (Å²) in [6.07, 6.45) is 2.94. The van der Waals surface area contributed by atoms with E-state index in [9.17, 15) is 14.7 Å². The highest BCUT2D eigenvalue weighted by molar-refractivity contribution is 6.05. The average Bonchev–Trinajstić information content (AvgIpc) is 2.88. The molecule has 22 heavy (non-hydrogen) atoms. The number of hydrogen-bond donors (Lipinski definition) is 2. The van der Waals surface area contributed by atoms with E-state index >= 15 is 0 Å². The van der Waals surface area contributed by atoms with E-state index < -0.39 is 11.5 Å². The van der Waals surface area contributed by atoms with Crippen LogP contribution >= 0.6 is 0 Å². The molecule has 0 aliphatic heterocycles. The molecule has 3 rings (SSSR count). The van der Waals surface area contributed by atoms with E-state index in [-0.39, 0.29) is 11.3 Å². The van der Waals surface area contributed by atoms with Crippen molar-refractivity contribution in [2.75, 3.05) is 5.32 Å². The second-order valence-electron chi connectivity index (χ2n) is 5.70. The summed E-state index contributed by atoms with van der Waals surface area (Å²) in [5.41, 5.74) is 0.796. The van der Waals surface area contributed by atoms with Gasteiger partial charge in [-0.15, -0.1) is 0 Å². The Hall–Kier alpha value is -2.63. The minimum Gasteiger partial charge on any atom is -0.507 e. The van der Waals surface area contributed by atoms with Crippen molar-refractivity contribution in [3.05, 3.63) is 51.6 Å². The van der Waals surface area contributed by atoms with Crippen LogP contribution < -0.4 is 10.9 Å². The molecule has 114 valence electrons. The first-order valence-electron chi connectivity index (χ1n) is 7.15. The predicted molar refractivity (Wildman–Crippen MR) is 82.1 cm³/mol. The number of carbonyl (C=O) groups excluding carboxylic acids is 1. The van der Waals surface area contributed by atoms with Gasteiger partial charge in [-0.1, -0.05) is 13.0 Å². The van der Waals surface area contributed by atoms with Crippen LogP contribution in [0.4, 0.5) is 5.82 Å². The van der Waals surface area contributed by atoms with Gasteiger partial charge in [0.1, 0.15) is 17.1 Å². The number of rotatable bonds is 2. The van der Waals surface area contributed by atoms with E-state index in [1.165, 1.54) is 10.8 Å². The summed E-state index contributed by atoms with van der Waals surface area (Å²) in [5, 5.41) is 12.9. The van der Waals surface area contributed by atoms with Crippen LogP contribution in [0, 0.1) is 5.92 Å². The average molecular weight is 299 g/mol. The van der Waals surface area contributed by atoms with Gasteiger partial charge in [-0.3, -0.25) is 9.59 Å². The molecule has 0 radical (unpaired) electrons. The first kappa shape index (κ1) is 14.3. The summed E-state index contributed by atoms with van der Waals surface area (Å²) in [5.74, 6) is -0.154. The number of nitrogens with one attached hydrogen (secondary N) is 1. The molecule has 0 bridgehead atoms. The summed E-state index contributed by atoms with van der Waals surface area (Å²) in [7, 11) is 1.64. The van der Waals surface area contributed by atoms with E-state index in [0.29, 0.717) is 23.7 Å². The van der Waals surface area contributed by atoms with Gasteiger partial charge in [0.25, 0.3) is 11.5 Å². The highest BCUT2D eigenvalue weighted by Gasteiger charge is 2.30. The van der Waals surface area contributed by atoms with Crippen molar-refractivity contribution in [3.8, 4) is 5.75 Å². The minimum absolute atomic E-state index is 0.198. The molecule has 6 heteroatoms. The van der Waals surface area contributed by atoms with Crippen molar-refractivity contribution in [2.24, 2.45) is 13.0 Å². The maximum Gasteiger partial charge on any atom is 0.267 e. The van der Waals surface area contributed by atoms with Crippen LogP contribution in [-0.2, 0) is 19.9 Å². The molecule has 1 atom stereocenters. The number of fused-ring (bicyclic) bond motifs is 1. The number of carbonyl (C=O) groups is 1. The molecule has 2 heterocycles. The number of hydrogen-bond acceptors (Lipinski definition) is 4. The zero-order chi connectivity index (χ0) is 15.9. The third-order valence-electron chi connectivity index (χ3n) is 4.02. The highest BCUT2D eigenvalue weighted by atomic mass is 16.3. The molecule has 2 aromatic heterocycles. The lowest BCUT2D eigenvalue weighted by atomic mass is 10.1. The Bertz CT molecular complexity index is 797. The maximum atomic E-state index is 12.4. The fraction of sp³-hybridized carbons (Fsp3) is 0.312. The van der Waals surface area contributed by atoms with Crippen LogP contribution in [0.2, 0.25) is 0 Å². The third-order valence-corrected chi connectivity index (χ3v) is 4.02. The molecule has 6 nitrogen and oxygen atoms in total. The molecule has 0 unspecified atom stereocenters. The summed E-state index contributed by atoms with van der Waals surface area (Å²) in [6.45, 7) is 2.05. The molecule has 0 fully saturated rings. The number of nitrogens with zero attached hydrogens (tertiary/aromatic N) is 2. The Kier molecular flexibility index (Phi) is 3.44. The number of pyridine rings is 2. The predicted octanol–water partition coefficient (Wildman–Crippen LogP) is 1.47. The molecule has 1 aliphatic rings. The first-order valence-corrected chi connectivity index (χ1v) is 7.15. The van der Waals surface area contributed by atoms with E-state index in [1.54, 1.807) is 25.2 Å². The molecule has 1 aliphatic carbocycles. The number of amides is 1. The van der Waals surface area contributed by atoms with Crippen molar-refractivity contribution in [1.82, 2.24) is 9.55 Å². The van der Waals surface area contributed by atoms with Gasteiger partial charge >= 0.3 is 0 Å². The Labute approximate surface area is 127 Å². The quantitative estimate of drug-likeness (QED) is 0.879. The number of aromatic nitrogens is 2. The SMILES string of the molecule is C[C@@H]1Cc2c(O)c(C(=O)Nc3ccccn3)c(=O)n(C)c2C1. The second kappa shape index (κ2) is 5.29. The van der Waals surface area contributed by atoms with Crippen molar-refractivity contribution in [1.29, 1.82) is 0 Å². The van der Waals surface area contributed by atoms with Gasteiger partial charge in [0, 0.05) is 24.5 Å². The molecule has 0 saturated carbocycles. The van der Waals surface area contributed by atoms with Crippen LogP contribution in [0.15, 0.2) is 29.2 Å². The largest absolute Gasteiger partial charge is 0.507 e.